The Labute approximate surface area is 182 Å². The standard InChI is InChI=1S/C10H16N4OS.C5H8ClF.C5H8O/c1-11-10-14-8(6-16-10)9(15)13-7-2-4-12-5-3-7;1-2-5(3-6)4-7;1-2-3-4-5-6/h6-7,12H,2-5H2,1H3,(H,11,14)(H,13,15);2H,3-4H2,1H3;3-5H,2H2,1H3/b;5-2-;4-3+. The number of alkyl halides is 2. The molecule has 1 aromatic heterocycles. The first kappa shape index (κ1) is 27.2. The average Bonchev–Trinajstić information content (AvgIpc) is 3.25. The molecule has 0 atom stereocenters. The van der Waals surface area contributed by atoms with E-state index in [1.54, 1.807) is 25.4 Å². The average molecular weight is 447 g/mol. The van der Waals surface area contributed by atoms with Gasteiger partial charge in [-0.2, -0.15) is 0 Å². The summed E-state index contributed by atoms with van der Waals surface area (Å²) in [5.41, 5.74) is 1.16. The van der Waals surface area contributed by atoms with Crippen molar-refractivity contribution in [2.45, 2.75) is 39.2 Å². The van der Waals surface area contributed by atoms with Gasteiger partial charge in [-0.3, -0.25) is 9.59 Å². The van der Waals surface area contributed by atoms with E-state index in [0.29, 0.717) is 17.1 Å². The van der Waals surface area contributed by atoms with E-state index in [4.69, 9.17) is 11.6 Å². The zero-order valence-electron chi connectivity index (χ0n) is 17.3. The molecule has 9 heteroatoms. The highest BCUT2D eigenvalue weighted by atomic mass is 35.5. The molecule has 3 N–H and O–H groups in total. The summed E-state index contributed by atoms with van der Waals surface area (Å²) < 4.78 is 11.5. The first-order valence-corrected chi connectivity index (χ1v) is 11.0. The molecule has 0 aliphatic carbocycles. The lowest BCUT2D eigenvalue weighted by molar-refractivity contribution is -0.104. The number of carbonyl (C=O) groups is 2. The van der Waals surface area contributed by atoms with Crippen molar-refractivity contribution in [1.29, 1.82) is 0 Å². The molecular formula is C20H32ClFN4O2S. The van der Waals surface area contributed by atoms with E-state index in [0.717, 1.165) is 43.8 Å². The molecular weight excluding hydrogens is 415 g/mol. The van der Waals surface area contributed by atoms with Gasteiger partial charge < -0.3 is 16.0 Å². The van der Waals surface area contributed by atoms with Crippen molar-refractivity contribution in [2.24, 2.45) is 0 Å². The Morgan fingerprint density at radius 3 is 2.52 bits per heavy atom. The maximum absolute atomic E-state index is 11.8. The predicted molar refractivity (Wildman–Crippen MR) is 121 cm³/mol. The monoisotopic (exact) mass is 446 g/mol. The molecule has 1 aliphatic heterocycles. The second kappa shape index (κ2) is 18.3. The van der Waals surface area contributed by atoms with Crippen LogP contribution in [0, 0.1) is 0 Å². The van der Waals surface area contributed by atoms with Crippen LogP contribution in [0.15, 0.2) is 29.2 Å². The van der Waals surface area contributed by atoms with Crippen LogP contribution in [0.2, 0.25) is 0 Å². The molecule has 1 amide bonds. The molecule has 0 saturated carbocycles. The smallest absolute Gasteiger partial charge is 0.271 e. The minimum absolute atomic E-state index is 0.0651. The lowest BCUT2D eigenvalue weighted by Crippen LogP contribution is -2.42. The van der Waals surface area contributed by atoms with Crippen molar-refractivity contribution in [3.05, 3.63) is 34.9 Å². The van der Waals surface area contributed by atoms with E-state index in [1.807, 2.05) is 13.0 Å². The SMILES string of the molecule is C/C=C(\CF)CCl.CC/C=C/C=O.CNc1nc(C(=O)NC2CCNCC2)cs1. The number of nitrogens with zero attached hydrogens (tertiary/aromatic N) is 1. The third-order valence-electron chi connectivity index (χ3n) is 3.83. The van der Waals surface area contributed by atoms with Crippen molar-refractivity contribution in [2.75, 3.05) is 38.0 Å². The van der Waals surface area contributed by atoms with Gasteiger partial charge in [-0.1, -0.05) is 19.1 Å². The molecule has 2 heterocycles. The molecule has 1 fully saturated rings. The van der Waals surface area contributed by atoms with Gasteiger partial charge in [0.2, 0.25) is 0 Å². The number of rotatable bonds is 7. The third-order valence-corrected chi connectivity index (χ3v) is 5.03. The Kier molecular flexibility index (Phi) is 17.2. The number of thiazole rings is 1. The normalized spacial score (nSPS) is 14.3. The largest absolute Gasteiger partial charge is 0.365 e. The Morgan fingerprint density at radius 1 is 1.45 bits per heavy atom. The predicted octanol–water partition coefficient (Wildman–Crippen LogP) is 3.96. The van der Waals surface area contributed by atoms with Gasteiger partial charge in [0, 0.05) is 24.3 Å². The summed E-state index contributed by atoms with van der Waals surface area (Å²) >= 11 is 6.70. The zero-order valence-corrected chi connectivity index (χ0v) is 18.9. The molecule has 0 unspecified atom stereocenters. The molecule has 0 spiro atoms. The van der Waals surface area contributed by atoms with E-state index < -0.39 is 6.67 Å². The highest BCUT2D eigenvalue weighted by Crippen LogP contribution is 2.14. The van der Waals surface area contributed by atoms with E-state index >= 15 is 0 Å². The molecule has 0 bridgehead atoms. The number of allylic oxidation sites excluding steroid dienone is 4. The fourth-order valence-electron chi connectivity index (χ4n) is 2.10. The van der Waals surface area contributed by atoms with Crippen LogP contribution in [0.4, 0.5) is 9.52 Å². The maximum Gasteiger partial charge on any atom is 0.271 e. The van der Waals surface area contributed by atoms with E-state index in [1.165, 1.54) is 17.4 Å². The number of halogens is 2. The number of hydrogen-bond donors (Lipinski definition) is 3. The van der Waals surface area contributed by atoms with Crippen LogP contribution < -0.4 is 16.0 Å². The van der Waals surface area contributed by atoms with Gasteiger partial charge in [0.05, 0.1) is 0 Å². The summed E-state index contributed by atoms with van der Waals surface area (Å²) in [4.78, 5) is 25.5. The third kappa shape index (κ3) is 13.1. The fourth-order valence-corrected chi connectivity index (χ4v) is 2.98. The number of amides is 1. The number of aldehydes is 1. The highest BCUT2D eigenvalue weighted by molar-refractivity contribution is 7.13. The van der Waals surface area contributed by atoms with Crippen molar-refractivity contribution >= 4 is 40.3 Å². The number of nitrogens with one attached hydrogen (secondary N) is 3. The number of hydrogen-bond acceptors (Lipinski definition) is 6. The Morgan fingerprint density at radius 2 is 2.14 bits per heavy atom. The van der Waals surface area contributed by atoms with Gasteiger partial charge in [0.1, 0.15) is 18.7 Å². The molecule has 6 nitrogen and oxygen atoms in total. The van der Waals surface area contributed by atoms with Crippen LogP contribution in [0.3, 0.4) is 0 Å². The lowest BCUT2D eigenvalue weighted by Gasteiger charge is -2.23. The van der Waals surface area contributed by atoms with Crippen molar-refractivity contribution in [3.63, 3.8) is 0 Å². The van der Waals surface area contributed by atoms with Gasteiger partial charge in [-0.05, 0) is 50.9 Å². The second-order valence-corrected chi connectivity index (χ2v) is 7.10. The summed E-state index contributed by atoms with van der Waals surface area (Å²) in [5, 5.41) is 11.8. The minimum atomic E-state index is -0.417. The Balaban J connectivity index is 0.000000503. The summed E-state index contributed by atoms with van der Waals surface area (Å²) in [6.07, 6.45) is 8.71. The van der Waals surface area contributed by atoms with Crippen molar-refractivity contribution in [3.8, 4) is 0 Å². The minimum Gasteiger partial charge on any atom is -0.365 e. The van der Waals surface area contributed by atoms with Crippen LogP contribution in [0.5, 0.6) is 0 Å². The summed E-state index contributed by atoms with van der Waals surface area (Å²) in [7, 11) is 1.80. The van der Waals surface area contributed by atoms with Crippen LogP contribution in [0.25, 0.3) is 0 Å². The van der Waals surface area contributed by atoms with Crippen LogP contribution in [0.1, 0.15) is 43.6 Å². The van der Waals surface area contributed by atoms with Crippen LogP contribution in [-0.4, -0.2) is 55.9 Å². The van der Waals surface area contributed by atoms with Crippen molar-refractivity contribution in [1.82, 2.24) is 15.6 Å². The van der Waals surface area contributed by atoms with Gasteiger partial charge in [-0.25, -0.2) is 9.37 Å². The molecule has 29 heavy (non-hydrogen) atoms. The Hall–Kier alpha value is -1.77. The zero-order chi connectivity index (χ0) is 21.9. The van der Waals surface area contributed by atoms with Gasteiger partial charge in [0.25, 0.3) is 5.91 Å². The number of carbonyl (C=O) groups excluding carboxylic acids is 2. The maximum atomic E-state index is 11.8. The quantitative estimate of drug-likeness (QED) is 0.255. The van der Waals surface area contributed by atoms with E-state index in [2.05, 4.69) is 20.9 Å². The highest BCUT2D eigenvalue weighted by Gasteiger charge is 2.17. The first-order chi connectivity index (χ1) is 14.1. The van der Waals surface area contributed by atoms with Gasteiger partial charge >= 0.3 is 0 Å². The molecule has 2 rings (SSSR count). The summed E-state index contributed by atoms with van der Waals surface area (Å²) in [5.74, 6) is 0.247. The van der Waals surface area contributed by atoms with Crippen LogP contribution in [-0.2, 0) is 4.79 Å². The number of piperidine rings is 1. The fraction of sp³-hybridized carbons (Fsp3) is 0.550. The van der Waals surface area contributed by atoms with Gasteiger partial charge in [0.15, 0.2) is 5.13 Å². The topological polar surface area (TPSA) is 83.1 Å². The number of anilines is 1. The summed E-state index contributed by atoms with van der Waals surface area (Å²) in [6, 6.07) is 0.286. The van der Waals surface area contributed by atoms with E-state index in [9.17, 15) is 14.0 Å². The second-order valence-electron chi connectivity index (χ2n) is 5.97. The summed E-state index contributed by atoms with van der Waals surface area (Å²) in [6.45, 7) is 5.30. The molecule has 1 aliphatic rings. The molecule has 1 aromatic rings. The van der Waals surface area contributed by atoms with Crippen LogP contribution >= 0.6 is 22.9 Å². The molecule has 1 saturated heterocycles. The lowest BCUT2D eigenvalue weighted by atomic mass is 10.1. The molecule has 0 radical (unpaired) electrons. The Bertz CT molecular complexity index is 626. The first-order valence-electron chi connectivity index (χ1n) is 9.57. The number of aromatic nitrogens is 1. The molecule has 164 valence electrons. The van der Waals surface area contributed by atoms with Gasteiger partial charge in [-0.15, -0.1) is 22.9 Å². The van der Waals surface area contributed by atoms with Crippen molar-refractivity contribution < 1.29 is 14.0 Å². The van der Waals surface area contributed by atoms with E-state index in [-0.39, 0.29) is 11.9 Å². The molecule has 0 aromatic carbocycles.